The topological polar surface area (TPSA) is 35.9 Å². The molecule has 1 unspecified atom stereocenters. The molecule has 0 bridgehead atoms. The Morgan fingerprint density at radius 3 is 2.55 bits per heavy atom. The number of benzene rings is 1. The van der Waals surface area contributed by atoms with Crippen LogP contribution in [0.4, 0.5) is 0 Å². The molecule has 2 heteroatoms. The molecular weight excluding hydrogens is 268 g/mol. The monoisotopic (exact) mass is 292 g/mol. The highest BCUT2D eigenvalue weighted by atomic mass is 14.8. The standard InChI is InChI=1S/C20H24N2/c1-14(2)19(11-16-7-5-15(3)6-8-16)17-9-10-20(21)18(12-17)13-22-4/h5-10,12-13,19,21-22H,1,11H2,2-4H3/b18-13-,21-20?. The Morgan fingerprint density at radius 2 is 1.95 bits per heavy atom. The summed E-state index contributed by atoms with van der Waals surface area (Å²) in [5, 5.41) is 11.0. The summed E-state index contributed by atoms with van der Waals surface area (Å²) in [6.07, 6.45) is 8.80. The Kier molecular flexibility index (Phi) is 5.16. The smallest absolute Gasteiger partial charge is 0.0626 e. The lowest BCUT2D eigenvalue weighted by Crippen LogP contribution is -2.13. The van der Waals surface area contributed by atoms with E-state index in [9.17, 15) is 0 Å². The Hall–Kier alpha value is -2.35. The number of allylic oxidation sites excluding steroid dienone is 6. The molecule has 114 valence electrons. The van der Waals surface area contributed by atoms with Gasteiger partial charge in [0.25, 0.3) is 0 Å². The molecule has 0 heterocycles. The lowest BCUT2D eigenvalue weighted by atomic mass is 9.83. The average Bonchev–Trinajstić information content (AvgIpc) is 2.49. The van der Waals surface area contributed by atoms with E-state index < -0.39 is 0 Å². The zero-order valence-corrected chi connectivity index (χ0v) is 13.6. The van der Waals surface area contributed by atoms with Gasteiger partial charge in [-0.25, -0.2) is 0 Å². The lowest BCUT2D eigenvalue weighted by molar-refractivity contribution is 0.725. The highest BCUT2D eigenvalue weighted by molar-refractivity contribution is 6.09. The van der Waals surface area contributed by atoms with Crippen molar-refractivity contribution in [3.63, 3.8) is 0 Å². The predicted molar refractivity (Wildman–Crippen MR) is 95.3 cm³/mol. The Bertz CT molecular complexity index is 657. The molecular formula is C20H24N2. The van der Waals surface area contributed by atoms with Crippen LogP contribution in [0.2, 0.25) is 0 Å². The van der Waals surface area contributed by atoms with Gasteiger partial charge in [0, 0.05) is 24.7 Å². The number of hydrogen-bond acceptors (Lipinski definition) is 2. The van der Waals surface area contributed by atoms with Crippen LogP contribution in [0.25, 0.3) is 0 Å². The van der Waals surface area contributed by atoms with Crippen LogP contribution in [0.15, 0.2) is 72.0 Å². The minimum Gasteiger partial charge on any atom is -0.393 e. The average molecular weight is 292 g/mol. The van der Waals surface area contributed by atoms with Crippen LogP contribution in [-0.2, 0) is 6.42 Å². The van der Waals surface area contributed by atoms with E-state index in [0.717, 1.165) is 17.6 Å². The third-order valence-electron chi connectivity index (χ3n) is 3.93. The van der Waals surface area contributed by atoms with Gasteiger partial charge in [0.2, 0.25) is 0 Å². The van der Waals surface area contributed by atoms with Gasteiger partial charge < -0.3 is 10.7 Å². The van der Waals surface area contributed by atoms with Crippen LogP contribution in [0, 0.1) is 18.3 Å². The first-order chi connectivity index (χ1) is 10.5. The van der Waals surface area contributed by atoms with Crippen molar-refractivity contribution in [2.45, 2.75) is 20.3 Å². The minimum absolute atomic E-state index is 0.271. The van der Waals surface area contributed by atoms with Crippen LogP contribution < -0.4 is 5.32 Å². The van der Waals surface area contributed by atoms with Crippen LogP contribution in [-0.4, -0.2) is 12.8 Å². The SMILES string of the molecule is C=C(C)C(Cc1ccc(C)cc1)C1=C/C(=C/NC)C(=N)C=C1. The maximum atomic E-state index is 7.97. The third-order valence-corrected chi connectivity index (χ3v) is 3.93. The van der Waals surface area contributed by atoms with Gasteiger partial charge in [-0.15, -0.1) is 0 Å². The fraction of sp³-hybridized carbons (Fsp3) is 0.250. The summed E-state index contributed by atoms with van der Waals surface area (Å²) < 4.78 is 0. The van der Waals surface area contributed by atoms with Gasteiger partial charge in [0.05, 0.1) is 5.71 Å². The molecule has 0 spiro atoms. The molecule has 0 aromatic heterocycles. The molecule has 1 aliphatic carbocycles. The summed E-state index contributed by atoms with van der Waals surface area (Å²) >= 11 is 0. The maximum Gasteiger partial charge on any atom is 0.0626 e. The molecule has 2 rings (SSSR count). The molecule has 1 aromatic carbocycles. The molecule has 1 atom stereocenters. The second kappa shape index (κ2) is 7.08. The molecule has 0 fully saturated rings. The molecule has 0 aliphatic heterocycles. The Morgan fingerprint density at radius 1 is 1.27 bits per heavy atom. The van der Waals surface area contributed by atoms with Gasteiger partial charge in [-0.05, 0) is 43.6 Å². The van der Waals surface area contributed by atoms with E-state index in [1.54, 1.807) is 0 Å². The molecule has 22 heavy (non-hydrogen) atoms. The largest absolute Gasteiger partial charge is 0.393 e. The van der Waals surface area contributed by atoms with E-state index in [1.165, 1.54) is 16.7 Å². The first-order valence-electron chi connectivity index (χ1n) is 7.58. The van der Waals surface area contributed by atoms with Gasteiger partial charge in [0.1, 0.15) is 0 Å². The van der Waals surface area contributed by atoms with Crippen molar-refractivity contribution in [2.75, 3.05) is 7.05 Å². The maximum absolute atomic E-state index is 7.97. The van der Waals surface area contributed by atoms with Crippen molar-refractivity contribution in [1.82, 2.24) is 5.32 Å². The summed E-state index contributed by atoms with van der Waals surface area (Å²) in [5.41, 5.74) is 6.40. The van der Waals surface area contributed by atoms with Gasteiger partial charge in [-0.2, -0.15) is 0 Å². The van der Waals surface area contributed by atoms with Crippen molar-refractivity contribution >= 4 is 5.71 Å². The van der Waals surface area contributed by atoms with Crippen molar-refractivity contribution in [2.24, 2.45) is 5.92 Å². The van der Waals surface area contributed by atoms with E-state index in [-0.39, 0.29) is 5.92 Å². The van der Waals surface area contributed by atoms with Crippen LogP contribution >= 0.6 is 0 Å². The number of rotatable bonds is 5. The van der Waals surface area contributed by atoms with E-state index in [1.807, 2.05) is 25.4 Å². The van der Waals surface area contributed by atoms with Crippen molar-refractivity contribution in [3.8, 4) is 0 Å². The highest BCUT2D eigenvalue weighted by Gasteiger charge is 2.18. The summed E-state index contributed by atoms with van der Waals surface area (Å²) in [6.45, 7) is 8.35. The molecule has 2 nitrogen and oxygen atoms in total. The quantitative estimate of drug-likeness (QED) is 0.778. The fourth-order valence-corrected chi connectivity index (χ4v) is 2.61. The zero-order valence-electron chi connectivity index (χ0n) is 13.6. The molecule has 0 saturated heterocycles. The predicted octanol–water partition coefficient (Wildman–Crippen LogP) is 4.35. The lowest BCUT2D eigenvalue weighted by Gasteiger charge is -2.22. The molecule has 0 saturated carbocycles. The second-order valence-electron chi connectivity index (χ2n) is 5.87. The number of hydrogen-bond donors (Lipinski definition) is 2. The Balaban J connectivity index is 2.28. The van der Waals surface area contributed by atoms with Gasteiger partial charge in [-0.3, -0.25) is 0 Å². The van der Waals surface area contributed by atoms with Crippen LogP contribution in [0.3, 0.4) is 0 Å². The van der Waals surface area contributed by atoms with Gasteiger partial charge >= 0.3 is 0 Å². The summed E-state index contributed by atoms with van der Waals surface area (Å²) in [6, 6.07) is 8.67. The summed E-state index contributed by atoms with van der Waals surface area (Å²) in [4.78, 5) is 0. The van der Waals surface area contributed by atoms with E-state index in [4.69, 9.17) is 5.41 Å². The van der Waals surface area contributed by atoms with Crippen LogP contribution in [0.1, 0.15) is 18.1 Å². The van der Waals surface area contributed by atoms with E-state index in [0.29, 0.717) is 5.71 Å². The molecule has 0 radical (unpaired) electrons. The molecule has 1 aliphatic rings. The van der Waals surface area contributed by atoms with Crippen molar-refractivity contribution in [3.05, 3.63) is 83.1 Å². The Labute approximate surface area is 133 Å². The van der Waals surface area contributed by atoms with Crippen LogP contribution in [0.5, 0.6) is 0 Å². The van der Waals surface area contributed by atoms with Crippen molar-refractivity contribution < 1.29 is 0 Å². The normalized spacial score (nSPS) is 17.3. The first kappa shape index (κ1) is 16.0. The fourth-order valence-electron chi connectivity index (χ4n) is 2.61. The number of aryl methyl sites for hydroxylation is 1. The third kappa shape index (κ3) is 3.85. The first-order valence-corrected chi connectivity index (χ1v) is 7.58. The summed E-state index contributed by atoms with van der Waals surface area (Å²) in [5.74, 6) is 0.271. The minimum atomic E-state index is 0.271. The highest BCUT2D eigenvalue weighted by Crippen LogP contribution is 2.28. The molecule has 1 aromatic rings. The van der Waals surface area contributed by atoms with E-state index >= 15 is 0 Å². The molecule has 2 N–H and O–H groups in total. The van der Waals surface area contributed by atoms with Gasteiger partial charge in [-0.1, -0.05) is 48.1 Å². The molecule has 0 amide bonds. The second-order valence-corrected chi connectivity index (χ2v) is 5.87. The summed E-state index contributed by atoms with van der Waals surface area (Å²) in [7, 11) is 1.86. The van der Waals surface area contributed by atoms with E-state index in [2.05, 4.69) is 56.1 Å². The zero-order chi connectivity index (χ0) is 16.1. The van der Waals surface area contributed by atoms with Crippen molar-refractivity contribution in [1.29, 1.82) is 5.41 Å². The number of nitrogens with one attached hydrogen (secondary N) is 2. The van der Waals surface area contributed by atoms with Gasteiger partial charge in [0.15, 0.2) is 0 Å².